The van der Waals surface area contributed by atoms with Gasteiger partial charge in [-0.25, -0.2) is 0 Å². The van der Waals surface area contributed by atoms with Crippen molar-refractivity contribution >= 4 is 5.97 Å². The number of carbonyl (C=O) groups is 1. The van der Waals surface area contributed by atoms with Crippen LogP contribution in [0.1, 0.15) is 24.0 Å². The van der Waals surface area contributed by atoms with Crippen LogP contribution < -0.4 is 0 Å². The largest absolute Gasteiger partial charge is 0.481 e. The van der Waals surface area contributed by atoms with Crippen LogP contribution in [0.25, 0.3) is 0 Å². The van der Waals surface area contributed by atoms with Crippen LogP contribution in [-0.4, -0.2) is 17.3 Å². The van der Waals surface area contributed by atoms with Gasteiger partial charge in [0.2, 0.25) is 0 Å². The zero-order chi connectivity index (χ0) is 13.4. The summed E-state index contributed by atoms with van der Waals surface area (Å²) < 4.78 is 37.7. The Labute approximate surface area is 102 Å². The highest BCUT2D eigenvalue weighted by Gasteiger charge is 2.49. The molecule has 5 heteroatoms. The Morgan fingerprint density at radius 2 is 1.89 bits per heavy atom. The molecule has 0 aliphatic heterocycles. The highest BCUT2D eigenvalue weighted by molar-refractivity contribution is 5.75. The lowest BCUT2D eigenvalue weighted by Crippen LogP contribution is -2.40. The summed E-state index contributed by atoms with van der Waals surface area (Å²) in [7, 11) is 0. The van der Waals surface area contributed by atoms with Crippen molar-refractivity contribution in [1.29, 1.82) is 0 Å². The summed E-state index contributed by atoms with van der Waals surface area (Å²) in [6, 6.07) is 7.10. The van der Waals surface area contributed by atoms with Crippen molar-refractivity contribution in [2.45, 2.75) is 31.9 Å². The standard InChI is InChI=1S/C13H13F3O2/c14-13(15,16)8-12(11(17)18)6-5-9-3-1-2-4-10(9)7-12/h1-4H,5-8H2,(H,17,18). The average Bonchev–Trinajstić information content (AvgIpc) is 2.26. The molecule has 0 amide bonds. The van der Waals surface area contributed by atoms with Crippen LogP contribution in [0.15, 0.2) is 24.3 Å². The molecule has 0 spiro atoms. The van der Waals surface area contributed by atoms with Crippen molar-refractivity contribution in [3.63, 3.8) is 0 Å². The highest BCUT2D eigenvalue weighted by atomic mass is 19.4. The van der Waals surface area contributed by atoms with Crippen LogP contribution in [0.2, 0.25) is 0 Å². The molecule has 0 fully saturated rings. The van der Waals surface area contributed by atoms with E-state index in [0.29, 0.717) is 6.42 Å². The molecule has 0 aromatic heterocycles. The maximum atomic E-state index is 12.6. The Morgan fingerprint density at radius 3 is 2.44 bits per heavy atom. The number of benzene rings is 1. The van der Waals surface area contributed by atoms with Gasteiger partial charge in [0.1, 0.15) is 0 Å². The molecular formula is C13H13F3O2. The number of hydrogen-bond acceptors (Lipinski definition) is 1. The smallest absolute Gasteiger partial charge is 0.390 e. The van der Waals surface area contributed by atoms with Crippen LogP contribution in [0.3, 0.4) is 0 Å². The SMILES string of the molecule is O=C(O)C1(CC(F)(F)F)CCc2ccccc2C1. The Bertz CT molecular complexity index is 468. The maximum absolute atomic E-state index is 12.6. The molecular weight excluding hydrogens is 245 g/mol. The normalized spacial score (nSPS) is 23.5. The third-order valence-corrected chi connectivity index (χ3v) is 3.51. The van der Waals surface area contributed by atoms with Gasteiger partial charge in [-0.05, 0) is 30.4 Å². The zero-order valence-electron chi connectivity index (χ0n) is 9.63. The molecule has 0 bridgehead atoms. The van der Waals surface area contributed by atoms with Gasteiger partial charge in [0.05, 0.1) is 11.8 Å². The monoisotopic (exact) mass is 258 g/mol. The quantitative estimate of drug-likeness (QED) is 0.884. The number of halogens is 3. The van der Waals surface area contributed by atoms with Gasteiger partial charge in [-0.3, -0.25) is 4.79 Å². The molecule has 1 aliphatic carbocycles. The molecule has 1 aliphatic rings. The van der Waals surface area contributed by atoms with Gasteiger partial charge in [-0.1, -0.05) is 24.3 Å². The van der Waals surface area contributed by atoms with Crippen LogP contribution >= 0.6 is 0 Å². The van der Waals surface area contributed by atoms with E-state index in [1.165, 1.54) is 0 Å². The van der Waals surface area contributed by atoms with Gasteiger partial charge in [-0.15, -0.1) is 0 Å². The topological polar surface area (TPSA) is 37.3 Å². The van der Waals surface area contributed by atoms with Crippen molar-refractivity contribution in [1.82, 2.24) is 0 Å². The number of fused-ring (bicyclic) bond motifs is 1. The summed E-state index contributed by atoms with van der Waals surface area (Å²) in [5, 5.41) is 9.18. The minimum absolute atomic E-state index is 0.0405. The van der Waals surface area contributed by atoms with Gasteiger partial charge >= 0.3 is 12.1 Å². The molecule has 1 unspecified atom stereocenters. The van der Waals surface area contributed by atoms with Crippen molar-refractivity contribution in [2.75, 3.05) is 0 Å². The lowest BCUT2D eigenvalue weighted by Gasteiger charge is -2.35. The zero-order valence-corrected chi connectivity index (χ0v) is 9.63. The van der Waals surface area contributed by atoms with E-state index in [2.05, 4.69) is 0 Å². The Morgan fingerprint density at radius 1 is 1.28 bits per heavy atom. The lowest BCUT2D eigenvalue weighted by atomic mass is 9.69. The molecule has 1 aromatic rings. The van der Waals surface area contributed by atoms with Crippen molar-refractivity contribution < 1.29 is 23.1 Å². The molecule has 1 atom stereocenters. The van der Waals surface area contributed by atoms with Crippen LogP contribution in [0.5, 0.6) is 0 Å². The summed E-state index contributed by atoms with van der Waals surface area (Å²) in [4.78, 5) is 11.3. The molecule has 0 saturated carbocycles. The fourth-order valence-corrected chi connectivity index (χ4v) is 2.59. The Kier molecular flexibility index (Phi) is 3.09. The predicted molar refractivity (Wildman–Crippen MR) is 59.2 cm³/mol. The highest BCUT2D eigenvalue weighted by Crippen LogP contribution is 2.43. The second-order valence-corrected chi connectivity index (χ2v) is 4.82. The number of carboxylic acid groups (broad SMARTS) is 1. The second kappa shape index (κ2) is 4.30. The van der Waals surface area contributed by atoms with E-state index >= 15 is 0 Å². The minimum Gasteiger partial charge on any atom is -0.481 e. The number of alkyl halides is 3. The van der Waals surface area contributed by atoms with Gasteiger partial charge < -0.3 is 5.11 Å². The summed E-state index contributed by atoms with van der Waals surface area (Å²) in [6.45, 7) is 0. The Balaban J connectivity index is 2.33. The fourth-order valence-electron chi connectivity index (χ4n) is 2.59. The van der Waals surface area contributed by atoms with E-state index in [9.17, 15) is 23.1 Å². The van der Waals surface area contributed by atoms with E-state index in [0.717, 1.165) is 11.1 Å². The molecule has 1 N–H and O–H groups in total. The summed E-state index contributed by atoms with van der Waals surface area (Å²) in [5.74, 6) is -1.35. The van der Waals surface area contributed by atoms with Crippen molar-refractivity contribution in [2.24, 2.45) is 5.41 Å². The lowest BCUT2D eigenvalue weighted by molar-refractivity contribution is -0.180. The number of carboxylic acids is 1. The first-order valence-electron chi connectivity index (χ1n) is 5.69. The first-order valence-corrected chi connectivity index (χ1v) is 5.69. The Hall–Kier alpha value is -1.52. The summed E-state index contributed by atoms with van der Waals surface area (Å²) in [5.41, 5.74) is -0.0287. The minimum atomic E-state index is -4.45. The second-order valence-electron chi connectivity index (χ2n) is 4.82. The van der Waals surface area contributed by atoms with Crippen LogP contribution in [0.4, 0.5) is 13.2 Å². The van der Waals surface area contributed by atoms with E-state index < -0.39 is 24.0 Å². The van der Waals surface area contributed by atoms with Crippen molar-refractivity contribution in [3.8, 4) is 0 Å². The number of hydrogen-bond donors (Lipinski definition) is 1. The molecule has 1 aromatic carbocycles. The summed E-state index contributed by atoms with van der Waals surface area (Å²) in [6.07, 6.45) is -5.33. The molecule has 0 saturated heterocycles. The van der Waals surface area contributed by atoms with E-state index in [4.69, 9.17) is 0 Å². The van der Waals surface area contributed by atoms with Gasteiger partial charge in [0, 0.05) is 0 Å². The van der Waals surface area contributed by atoms with Gasteiger partial charge in [0.25, 0.3) is 0 Å². The summed E-state index contributed by atoms with van der Waals surface area (Å²) >= 11 is 0. The van der Waals surface area contributed by atoms with E-state index in [1.807, 2.05) is 12.1 Å². The third kappa shape index (κ3) is 2.49. The van der Waals surface area contributed by atoms with Gasteiger partial charge in [0.15, 0.2) is 0 Å². The van der Waals surface area contributed by atoms with Gasteiger partial charge in [-0.2, -0.15) is 13.2 Å². The maximum Gasteiger partial charge on any atom is 0.390 e. The molecule has 0 radical (unpaired) electrons. The molecule has 2 nitrogen and oxygen atoms in total. The third-order valence-electron chi connectivity index (χ3n) is 3.51. The first-order chi connectivity index (χ1) is 8.32. The van der Waals surface area contributed by atoms with Crippen molar-refractivity contribution in [3.05, 3.63) is 35.4 Å². The first kappa shape index (κ1) is 12.9. The van der Waals surface area contributed by atoms with Crippen LogP contribution in [-0.2, 0) is 17.6 Å². The molecule has 2 rings (SSSR count). The predicted octanol–water partition coefficient (Wildman–Crippen LogP) is 3.20. The number of aliphatic carboxylic acids is 1. The average molecular weight is 258 g/mol. The van der Waals surface area contributed by atoms with E-state index in [-0.39, 0.29) is 12.8 Å². The number of aryl methyl sites for hydroxylation is 1. The molecule has 0 heterocycles. The fraction of sp³-hybridized carbons (Fsp3) is 0.462. The molecule has 18 heavy (non-hydrogen) atoms. The van der Waals surface area contributed by atoms with Crippen LogP contribution in [0, 0.1) is 5.41 Å². The molecule has 98 valence electrons. The number of rotatable bonds is 2. The van der Waals surface area contributed by atoms with E-state index in [1.54, 1.807) is 12.1 Å².